The van der Waals surface area contributed by atoms with Crippen LogP contribution in [0.15, 0.2) is 175 Å². The molecule has 0 amide bonds. The number of hydrogen-bond donors (Lipinski definition) is 0. The van der Waals surface area contributed by atoms with Gasteiger partial charge in [-0.15, -0.1) is 11.3 Å². The highest BCUT2D eigenvalue weighted by molar-refractivity contribution is 7.18. The molecule has 0 saturated carbocycles. The van der Waals surface area contributed by atoms with Crippen molar-refractivity contribution in [3.8, 4) is 39.1 Å². The number of benzene rings is 8. The second kappa shape index (κ2) is 10.8. The van der Waals surface area contributed by atoms with Crippen LogP contribution < -0.4 is 0 Å². The van der Waals surface area contributed by atoms with Gasteiger partial charge in [0.25, 0.3) is 0 Å². The second-order valence-corrected chi connectivity index (χ2v) is 13.4. The van der Waals surface area contributed by atoms with Crippen LogP contribution in [0.4, 0.5) is 0 Å². The highest BCUT2D eigenvalue weighted by Crippen LogP contribution is 2.46. The monoisotopic (exact) mass is 627 g/mol. The predicted octanol–water partition coefficient (Wildman–Crippen LogP) is 13.3. The molecule has 2 heteroatoms. The van der Waals surface area contributed by atoms with E-state index in [-0.39, 0.29) is 0 Å². The Hall–Kier alpha value is -5.96. The molecule has 2 heterocycles. The number of thiophene rings is 1. The van der Waals surface area contributed by atoms with E-state index < -0.39 is 0 Å². The molecule has 0 bridgehead atoms. The summed E-state index contributed by atoms with van der Waals surface area (Å²) in [5.41, 5.74) is 10.9. The third-order valence-corrected chi connectivity index (χ3v) is 10.8. The molecule has 0 fully saturated rings. The fourth-order valence-electron chi connectivity index (χ4n) is 7.66. The summed E-state index contributed by atoms with van der Waals surface area (Å²) in [4.78, 5) is 0. The van der Waals surface area contributed by atoms with Gasteiger partial charge in [-0.2, -0.15) is 0 Å². The smallest absolute Gasteiger partial charge is 0.0626 e. The zero-order valence-corrected chi connectivity index (χ0v) is 26.9. The summed E-state index contributed by atoms with van der Waals surface area (Å²) >= 11 is 1.84. The van der Waals surface area contributed by atoms with Gasteiger partial charge in [0.1, 0.15) is 0 Å². The number of fused-ring (bicyclic) bond motifs is 10. The first kappa shape index (κ1) is 27.2. The number of nitrogens with zero attached hydrogens (tertiary/aromatic N) is 1. The first-order chi connectivity index (χ1) is 23.8. The molecule has 2 aromatic heterocycles. The maximum Gasteiger partial charge on any atom is 0.0626 e. The quantitative estimate of drug-likeness (QED) is 0.171. The summed E-state index contributed by atoms with van der Waals surface area (Å²) in [6.45, 7) is 0. The zero-order valence-electron chi connectivity index (χ0n) is 26.1. The second-order valence-electron chi connectivity index (χ2n) is 12.5. The first-order valence-corrected chi connectivity index (χ1v) is 17.3. The van der Waals surface area contributed by atoms with Crippen LogP contribution in [0.2, 0.25) is 0 Å². The lowest BCUT2D eigenvalue weighted by Gasteiger charge is -2.15. The van der Waals surface area contributed by atoms with Crippen molar-refractivity contribution >= 4 is 64.8 Å². The minimum Gasteiger partial charge on any atom is -0.309 e. The van der Waals surface area contributed by atoms with Gasteiger partial charge in [-0.05, 0) is 103 Å². The average Bonchev–Trinajstić information content (AvgIpc) is 3.79. The zero-order chi connectivity index (χ0) is 31.6. The summed E-state index contributed by atoms with van der Waals surface area (Å²) in [6, 6.07) is 62.2. The lowest BCUT2D eigenvalue weighted by atomic mass is 9.93. The van der Waals surface area contributed by atoms with Crippen molar-refractivity contribution in [2.24, 2.45) is 0 Å². The van der Waals surface area contributed by atoms with Crippen molar-refractivity contribution in [3.63, 3.8) is 0 Å². The Morgan fingerprint density at radius 1 is 0.375 bits per heavy atom. The van der Waals surface area contributed by atoms with E-state index in [1.807, 2.05) is 11.3 Å². The molecule has 1 nitrogen and oxygen atoms in total. The number of hydrogen-bond acceptors (Lipinski definition) is 1. The maximum atomic E-state index is 2.52. The van der Waals surface area contributed by atoms with Gasteiger partial charge in [-0.1, -0.05) is 127 Å². The molecule has 0 unspecified atom stereocenters. The van der Waals surface area contributed by atoms with Gasteiger partial charge >= 0.3 is 0 Å². The summed E-state index contributed by atoms with van der Waals surface area (Å²) < 4.78 is 3.86. The molecular weight excluding hydrogens is 599 g/mol. The molecule has 10 rings (SSSR count). The van der Waals surface area contributed by atoms with Gasteiger partial charge in [0, 0.05) is 26.5 Å². The molecule has 0 N–H and O–H groups in total. The molecule has 48 heavy (non-hydrogen) atoms. The van der Waals surface area contributed by atoms with E-state index in [0.717, 1.165) is 5.69 Å². The fourth-order valence-corrected chi connectivity index (χ4v) is 8.61. The fraction of sp³-hybridized carbons (Fsp3) is 0. The topological polar surface area (TPSA) is 4.93 Å². The van der Waals surface area contributed by atoms with E-state index in [4.69, 9.17) is 0 Å². The SMILES string of the molecule is c1ccc(-c2cc(-c3ccccc3)cc(-c3cccc(-n4c5ccc6ccsc6c5c5c6ccccc6c6ccccc6c54)c3)c2)cc1. The standard InChI is InChI=1S/C46H29NS/c1-3-12-30(13-4-1)34-26-35(31-14-5-2-6-15-31)28-36(27-34)33-16-11-17-37(29-33)47-42-23-22-32-24-25-48-46(32)44(42)43-40-20-9-7-18-38(40)39-19-8-10-21-41(39)45(43)47/h1-29H. The highest BCUT2D eigenvalue weighted by Gasteiger charge is 2.21. The van der Waals surface area contributed by atoms with Gasteiger partial charge in [0.2, 0.25) is 0 Å². The van der Waals surface area contributed by atoms with Crippen LogP contribution in [0.25, 0.3) is 92.5 Å². The molecule has 0 atom stereocenters. The van der Waals surface area contributed by atoms with Gasteiger partial charge < -0.3 is 4.57 Å². The molecule has 0 aliphatic rings. The van der Waals surface area contributed by atoms with Gasteiger partial charge in [-0.3, -0.25) is 0 Å². The average molecular weight is 628 g/mol. The van der Waals surface area contributed by atoms with Gasteiger partial charge in [0.15, 0.2) is 0 Å². The van der Waals surface area contributed by atoms with Crippen molar-refractivity contribution in [2.45, 2.75) is 0 Å². The van der Waals surface area contributed by atoms with Gasteiger partial charge in [-0.25, -0.2) is 0 Å². The Morgan fingerprint density at radius 3 is 1.62 bits per heavy atom. The number of rotatable bonds is 4. The van der Waals surface area contributed by atoms with Crippen LogP contribution in [0, 0.1) is 0 Å². The normalized spacial score (nSPS) is 11.8. The Bertz CT molecular complexity index is 2760. The molecular formula is C46H29NS. The highest BCUT2D eigenvalue weighted by atomic mass is 32.1. The molecule has 224 valence electrons. The molecule has 10 aromatic rings. The molecule has 0 aliphatic carbocycles. The number of aromatic nitrogens is 1. The molecule has 0 aliphatic heterocycles. The van der Waals surface area contributed by atoms with Gasteiger partial charge in [0.05, 0.1) is 11.0 Å². The lowest BCUT2D eigenvalue weighted by Crippen LogP contribution is -1.95. The first-order valence-electron chi connectivity index (χ1n) is 16.4. The summed E-state index contributed by atoms with van der Waals surface area (Å²) in [5.74, 6) is 0. The van der Waals surface area contributed by atoms with E-state index in [2.05, 4.69) is 180 Å². The molecule has 0 radical (unpaired) electrons. The van der Waals surface area contributed by atoms with Crippen LogP contribution in [0.3, 0.4) is 0 Å². The van der Waals surface area contributed by atoms with Crippen LogP contribution in [0.5, 0.6) is 0 Å². The molecule has 8 aromatic carbocycles. The maximum absolute atomic E-state index is 2.52. The Kier molecular flexibility index (Phi) is 6.12. The minimum absolute atomic E-state index is 1.16. The van der Waals surface area contributed by atoms with Crippen molar-refractivity contribution in [1.29, 1.82) is 0 Å². The Morgan fingerprint density at radius 2 is 0.938 bits per heavy atom. The summed E-state index contributed by atoms with van der Waals surface area (Å²) in [7, 11) is 0. The van der Waals surface area contributed by atoms with Crippen LogP contribution in [0.1, 0.15) is 0 Å². The van der Waals surface area contributed by atoms with E-state index in [0.29, 0.717) is 0 Å². The third-order valence-electron chi connectivity index (χ3n) is 9.80. The van der Waals surface area contributed by atoms with Crippen LogP contribution in [-0.2, 0) is 0 Å². The third kappa shape index (κ3) is 4.17. The molecule has 0 saturated heterocycles. The van der Waals surface area contributed by atoms with Crippen LogP contribution in [-0.4, -0.2) is 4.57 Å². The van der Waals surface area contributed by atoms with Crippen molar-refractivity contribution in [1.82, 2.24) is 4.57 Å². The minimum atomic E-state index is 1.16. The predicted molar refractivity (Wildman–Crippen MR) is 207 cm³/mol. The Balaban J connectivity index is 1.29. The van der Waals surface area contributed by atoms with Crippen molar-refractivity contribution < 1.29 is 0 Å². The van der Waals surface area contributed by atoms with Crippen molar-refractivity contribution in [2.75, 3.05) is 0 Å². The summed E-state index contributed by atoms with van der Waals surface area (Å²) in [5, 5.41) is 11.3. The van der Waals surface area contributed by atoms with Crippen LogP contribution >= 0.6 is 11.3 Å². The molecule has 0 spiro atoms. The van der Waals surface area contributed by atoms with Crippen molar-refractivity contribution in [3.05, 3.63) is 175 Å². The lowest BCUT2D eigenvalue weighted by molar-refractivity contribution is 1.19. The van der Waals surface area contributed by atoms with E-state index in [1.165, 1.54) is 86.8 Å². The van der Waals surface area contributed by atoms with E-state index in [1.54, 1.807) is 0 Å². The summed E-state index contributed by atoms with van der Waals surface area (Å²) in [6.07, 6.45) is 0. The van der Waals surface area contributed by atoms with E-state index >= 15 is 0 Å². The van der Waals surface area contributed by atoms with E-state index in [9.17, 15) is 0 Å². The Labute approximate surface area is 282 Å². The largest absolute Gasteiger partial charge is 0.309 e.